The van der Waals surface area contributed by atoms with Crippen molar-refractivity contribution in [2.45, 2.75) is 19.4 Å². The number of ether oxygens (including phenoxy) is 2. The molecule has 0 spiro atoms. The topological polar surface area (TPSA) is 37.8 Å². The maximum absolute atomic E-state index is 5.44. The van der Waals surface area contributed by atoms with Crippen LogP contribution in [0.2, 0.25) is 0 Å². The smallest absolute Gasteiger partial charge is 0.212 e. The minimum absolute atomic E-state index is 0.688. The second-order valence-electron chi connectivity index (χ2n) is 6.37. The van der Waals surface area contributed by atoms with Gasteiger partial charge in [-0.15, -0.1) is 0 Å². The predicted octanol–water partition coefficient (Wildman–Crippen LogP) is 1.63. The highest BCUT2D eigenvalue weighted by molar-refractivity contribution is 5.17. The Balaban J connectivity index is 1.49. The molecular weight excluding hydrogens is 278 g/mol. The molecule has 22 heavy (non-hydrogen) atoms. The number of piperidine rings is 1. The minimum Gasteiger partial charge on any atom is -0.481 e. The predicted molar refractivity (Wildman–Crippen MR) is 86.0 cm³/mol. The lowest BCUT2D eigenvalue weighted by Crippen LogP contribution is -2.44. The molecular formula is C17H27N3O2. The summed E-state index contributed by atoms with van der Waals surface area (Å²) in [5.74, 6) is 1.48. The SMILES string of the molecule is COc1ccc(CN2CCCC(CN3CCOCC3)C2)cn1. The minimum atomic E-state index is 0.688. The van der Waals surface area contributed by atoms with E-state index in [0.29, 0.717) is 5.88 Å². The summed E-state index contributed by atoms with van der Waals surface area (Å²) in [6, 6.07) is 4.07. The fraction of sp³-hybridized carbons (Fsp3) is 0.706. The van der Waals surface area contributed by atoms with Gasteiger partial charge in [-0.2, -0.15) is 0 Å². The molecule has 1 aromatic heterocycles. The van der Waals surface area contributed by atoms with Gasteiger partial charge in [-0.25, -0.2) is 4.98 Å². The summed E-state index contributed by atoms with van der Waals surface area (Å²) in [4.78, 5) is 9.43. The molecule has 5 heteroatoms. The molecule has 0 aromatic carbocycles. The largest absolute Gasteiger partial charge is 0.481 e. The zero-order valence-electron chi connectivity index (χ0n) is 13.5. The summed E-state index contributed by atoms with van der Waals surface area (Å²) >= 11 is 0. The summed E-state index contributed by atoms with van der Waals surface area (Å²) in [6.45, 7) is 8.60. The Hall–Kier alpha value is -1.17. The Labute approximate surface area is 133 Å². The van der Waals surface area contributed by atoms with Crippen LogP contribution in [0.5, 0.6) is 5.88 Å². The number of aromatic nitrogens is 1. The summed E-state index contributed by atoms with van der Waals surface area (Å²) in [6.07, 6.45) is 4.59. The summed E-state index contributed by atoms with van der Waals surface area (Å²) in [5, 5.41) is 0. The quantitative estimate of drug-likeness (QED) is 0.827. The molecule has 2 aliphatic rings. The normalized spacial score (nSPS) is 24.3. The number of methoxy groups -OCH3 is 1. The van der Waals surface area contributed by atoms with E-state index in [-0.39, 0.29) is 0 Å². The van der Waals surface area contributed by atoms with Crippen LogP contribution < -0.4 is 4.74 Å². The Morgan fingerprint density at radius 2 is 2.09 bits per heavy atom. The molecule has 2 saturated heterocycles. The van der Waals surface area contributed by atoms with Crippen LogP contribution in [0, 0.1) is 5.92 Å². The standard InChI is InChI=1S/C17H27N3O2/c1-21-17-5-4-15(11-18-17)12-20-6-2-3-16(14-20)13-19-7-9-22-10-8-19/h4-5,11,16H,2-3,6-10,12-14H2,1H3. The maximum atomic E-state index is 5.44. The molecule has 3 heterocycles. The second-order valence-corrected chi connectivity index (χ2v) is 6.37. The molecule has 2 aliphatic heterocycles. The molecule has 0 amide bonds. The Morgan fingerprint density at radius 3 is 2.82 bits per heavy atom. The van der Waals surface area contributed by atoms with Crippen molar-refractivity contribution in [2.75, 3.05) is 53.0 Å². The molecule has 122 valence electrons. The number of pyridine rings is 1. The van der Waals surface area contributed by atoms with Gasteiger partial charge in [-0.05, 0) is 30.9 Å². The van der Waals surface area contributed by atoms with Gasteiger partial charge in [0.15, 0.2) is 0 Å². The molecule has 1 aromatic rings. The Morgan fingerprint density at radius 1 is 1.23 bits per heavy atom. The molecule has 3 rings (SSSR count). The van der Waals surface area contributed by atoms with E-state index in [0.717, 1.165) is 38.8 Å². The summed E-state index contributed by atoms with van der Waals surface area (Å²) in [7, 11) is 1.66. The van der Waals surface area contributed by atoms with E-state index < -0.39 is 0 Å². The van der Waals surface area contributed by atoms with Crippen LogP contribution in [-0.4, -0.2) is 67.8 Å². The fourth-order valence-corrected chi connectivity index (χ4v) is 3.48. The van der Waals surface area contributed by atoms with E-state index in [1.54, 1.807) is 7.11 Å². The van der Waals surface area contributed by atoms with Crippen LogP contribution in [0.25, 0.3) is 0 Å². The number of hydrogen-bond donors (Lipinski definition) is 0. The molecule has 5 nitrogen and oxygen atoms in total. The summed E-state index contributed by atoms with van der Waals surface area (Å²) < 4.78 is 10.6. The van der Waals surface area contributed by atoms with Gasteiger partial charge >= 0.3 is 0 Å². The number of hydrogen-bond acceptors (Lipinski definition) is 5. The van der Waals surface area contributed by atoms with Gasteiger partial charge < -0.3 is 9.47 Å². The Kier molecular flexibility index (Phi) is 5.64. The van der Waals surface area contributed by atoms with Crippen LogP contribution in [0.15, 0.2) is 18.3 Å². The third-order valence-corrected chi connectivity index (χ3v) is 4.64. The van der Waals surface area contributed by atoms with Crippen molar-refractivity contribution in [3.63, 3.8) is 0 Å². The van der Waals surface area contributed by atoms with Crippen molar-refractivity contribution in [1.82, 2.24) is 14.8 Å². The van der Waals surface area contributed by atoms with Gasteiger partial charge in [0.2, 0.25) is 5.88 Å². The van der Waals surface area contributed by atoms with Crippen LogP contribution in [0.1, 0.15) is 18.4 Å². The molecule has 0 radical (unpaired) electrons. The zero-order chi connectivity index (χ0) is 15.2. The van der Waals surface area contributed by atoms with Crippen LogP contribution in [0.3, 0.4) is 0 Å². The highest BCUT2D eigenvalue weighted by atomic mass is 16.5. The van der Waals surface area contributed by atoms with E-state index >= 15 is 0 Å². The van der Waals surface area contributed by atoms with Crippen molar-refractivity contribution in [2.24, 2.45) is 5.92 Å². The first kappa shape index (κ1) is 15.7. The number of likely N-dealkylation sites (tertiary alicyclic amines) is 1. The first-order valence-corrected chi connectivity index (χ1v) is 8.35. The lowest BCUT2D eigenvalue weighted by molar-refractivity contribution is 0.0224. The first-order valence-electron chi connectivity index (χ1n) is 8.35. The molecule has 0 bridgehead atoms. The Bertz CT molecular complexity index is 446. The summed E-state index contributed by atoms with van der Waals surface area (Å²) in [5.41, 5.74) is 1.27. The van der Waals surface area contributed by atoms with E-state index in [1.165, 1.54) is 38.0 Å². The molecule has 1 unspecified atom stereocenters. The van der Waals surface area contributed by atoms with E-state index in [4.69, 9.17) is 9.47 Å². The van der Waals surface area contributed by atoms with Gasteiger partial charge in [-0.1, -0.05) is 6.07 Å². The number of rotatable bonds is 5. The lowest BCUT2D eigenvalue weighted by atomic mass is 9.97. The van der Waals surface area contributed by atoms with Crippen LogP contribution in [0.4, 0.5) is 0 Å². The molecule has 0 N–H and O–H groups in total. The average Bonchev–Trinajstić information content (AvgIpc) is 2.57. The zero-order valence-corrected chi connectivity index (χ0v) is 13.5. The van der Waals surface area contributed by atoms with Crippen LogP contribution in [-0.2, 0) is 11.3 Å². The van der Waals surface area contributed by atoms with E-state index in [1.807, 2.05) is 12.3 Å². The van der Waals surface area contributed by atoms with E-state index in [9.17, 15) is 0 Å². The average molecular weight is 305 g/mol. The van der Waals surface area contributed by atoms with Crippen molar-refractivity contribution in [1.29, 1.82) is 0 Å². The highest BCUT2D eigenvalue weighted by Crippen LogP contribution is 2.20. The molecule has 1 atom stereocenters. The van der Waals surface area contributed by atoms with Crippen molar-refractivity contribution in [3.05, 3.63) is 23.9 Å². The van der Waals surface area contributed by atoms with Gasteiger partial charge in [0.05, 0.1) is 20.3 Å². The first-order chi connectivity index (χ1) is 10.8. The van der Waals surface area contributed by atoms with Gasteiger partial charge in [0, 0.05) is 45.0 Å². The molecule has 2 fully saturated rings. The second kappa shape index (κ2) is 7.90. The lowest BCUT2D eigenvalue weighted by Gasteiger charge is -2.36. The van der Waals surface area contributed by atoms with Crippen molar-refractivity contribution in [3.8, 4) is 5.88 Å². The fourth-order valence-electron chi connectivity index (χ4n) is 3.48. The van der Waals surface area contributed by atoms with E-state index in [2.05, 4.69) is 20.9 Å². The highest BCUT2D eigenvalue weighted by Gasteiger charge is 2.23. The number of nitrogens with zero attached hydrogens (tertiary/aromatic N) is 3. The maximum Gasteiger partial charge on any atom is 0.212 e. The van der Waals surface area contributed by atoms with Crippen molar-refractivity contribution >= 4 is 0 Å². The van der Waals surface area contributed by atoms with Crippen molar-refractivity contribution < 1.29 is 9.47 Å². The monoisotopic (exact) mass is 305 g/mol. The number of morpholine rings is 1. The molecule has 0 saturated carbocycles. The van der Waals surface area contributed by atoms with Crippen LogP contribution >= 0.6 is 0 Å². The van der Waals surface area contributed by atoms with Gasteiger partial charge in [-0.3, -0.25) is 9.80 Å². The van der Waals surface area contributed by atoms with Gasteiger partial charge in [0.25, 0.3) is 0 Å². The third-order valence-electron chi connectivity index (χ3n) is 4.64. The third kappa shape index (κ3) is 4.41. The van der Waals surface area contributed by atoms with Gasteiger partial charge in [0.1, 0.15) is 0 Å². The molecule has 0 aliphatic carbocycles.